The van der Waals surface area contributed by atoms with E-state index in [1.165, 1.54) is 0 Å². The molecule has 0 saturated heterocycles. The van der Waals surface area contributed by atoms with Gasteiger partial charge in [-0.1, -0.05) is 49.4 Å². The Morgan fingerprint density at radius 3 is 2.60 bits per heavy atom. The second kappa shape index (κ2) is 8.88. The van der Waals surface area contributed by atoms with Gasteiger partial charge in [0.1, 0.15) is 11.5 Å². The van der Waals surface area contributed by atoms with E-state index in [2.05, 4.69) is 4.98 Å². The molecule has 2 unspecified atom stereocenters. The number of Topliss-reactive ketones (excluding diaryl/α,β-unsaturated/α-hetero) is 1. The highest BCUT2D eigenvalue weighted by molar-refractivity contribution is 7.93. The third-order valence-corrected chi connectivity index (χ3v) is 10.1. The summed E-state index contributed by atoms with van der Waals surface area (Å²) in [4.78, 5) is 17.5. The molecule has 1 aromatic heterocycles. The predicted molar refractivity (Wildman–Crippen MR) is 134 cm³/mol. The minimum Gasteiger partial charge on any atom is -0.493 e. The summed E-state index contributed by atoms with van der Waals surface area (Å²) >= 11 is 0. The van der Waals surface area contributed by atoms with E-state index in [1.54, 1.807) is 25.3 Å². The lowest BCUT2D eigenvalue weighted by molar-refractivity contribution is 0.0379. The summed E-state index contributed by atoms with van der Waals surface area (Å²) in [7, 11) is -3.50. The summed E-state index contributed by atoms with van der Waals surface area (Å²) in [6.07, 6.45) is 2.24. The topological polar surface area (TPSA) is 93.6 Å². The molecule has 1 aliphatic carbocycles. The van der Waals surface area contributed by atoms with Gasteiger partial charge in [-0.3, -0.25) is 9.78 Å². The molecule has 35 heavy (non-hydrogen) atoms. The second-order valence-electron chi connectivity index (χ2n) is 9.89. The average Bonchev–Trinajstić information content (AvgIpc) is 3.63. The van der Waals surface area contributed by atoms with E-state index in [1.807, 2.05) is 55.5 Å². The molecule has 2 heterocycles. The van der Waals surface area contributed by atoms with Crippen molar-refractivity contribution in [3.05, 3.63) is 83.7 Å². The quantitative estimate of drug-likeness (QED) is 0.480. The van der Waals surface area contributed by atoms with Crippen molar-refractivity contribution >= 4 is 15.6 Å². The Kier molecular flexibility index (Phi) is 6.01. The predicted octanol–water partition coefficient (Wildman–Crippen LogP) is 4.74. The monoisotopic (exact) mass is 491 g/mol. The number of sulfone groups is 1. The van der Waals surface area contributed by atoms with Crippen LogP contribution in [0.5, 0.6) is 5.75 Å². The van der Waals surface area contributed by atoms with Crippen LogP contribution in [0.1, 0.15) is 60.3 Å². The molecule has 0 spiro atoms. The maximum atomic E-state index is 13.1. The fraction of sp³-hybridized carbons (Fsp3) is 0.357. The fourth-order valence-corrected chi connectivity index (χ4v) is 6.32. The average molecular weight is 492 g/mol. The molecule has 2 aromatic carbocycles. The van der Waals surface area contributed by atoms with Crippen molar-refractivity contribution in [2.45, 2.75) is 43.5 Å². The van der Waals surface area contributed by atoms with Gasteiger partial charge in [-0.25, -0.2) is 8.42 Å². The van der Waals surface area contributed by atoms with Crippen LogP contribution >= 0.6 is 0 Å². The molecule has 1 saturated carbocycles. The van der Waals surface area contributed by atoms with Crippen LogP contribution < -0.4 is 4.74 Å². The zero-order chi connectivity index (χ0) is 24.8. The Morgan fingerprint density at radius 2 is 1.89 bits per heavy atom. The number of pyridine rings is 1. The first-order valence-corrected chi connectivity index (χ1v) is 13.6. The maximum Gasteiger partial charge on any atom is 0.178 e. The maximum absolute atomic E-state index is 13.1. The smallest absolute Gasteiger partial charge is 0.178 e. The van der Waals surface area contributed by atoms with Gasteiger partial charge in [0.2, 0.25) is 0 Å². The summed E-state index contributed by atoms with van der Waals surface area (Å²) in [6, 6.07) is 18.3. The number of ketones is 1. The second-order valence-corrected chi connectivity index (χ2v) is 12.4. The number of aromatic nitrogens is 1. The van der Waals surface area contributed by atoms with Gasteiger partial charge in [-0.15, -0.1) is 0 Å². The minimum atomic E-state index is -3.50. The Balaban J connectivity index is 1.41. The summed E-state index contributed by atoms with van der Waals surface area (Å²) in [6.45, 7) is 4.08. The zero-order valence-corrected chi connectivity index (χ0v) is 20.7. The molecule has 0 bridgehead atoms. The first-order chi connectivity index (χ1) is 16.7. The molecular weight excluding hydrogens is 462 g/mol. The van der Waals surface area contributed by atoms with Crippen LogP contribution in [-0.2, 0) is 9.84 Å². The van der Waals surface area contributed by atoms with Crippen molar-refractivity contribution in [1.82, 2.24) is 4.98 Å². The number of hydrogen-bond acceptors (Lipinski definition) is 6. The van der Waals surface area contributed by atoms with Crippen molar-refractivity contribution in [3.8, 4) is 16.9 Å². The van der Waals surface area contributed by atoms with Gasteiger partial charge in [0, 0.05) is 34.9 Å². The summed E-state index contributed by atoms with van der Waals surface area (Å²) < 4.78 is 30.7. The van der Waals surface area contributed by atoms with Crippen molar-refractivity contribution in [3.63, 3.8) is 0 Å². The normalized spacial score (nSPS) is 21.5. The molecule has 7 heteroatoms. The molecule has 1 N–H and O–H groups in total. The van der Waals surface area contributed by atoms with E-state index in [4.69, 9.17) is 4.74 Å². The van der Waals surface area contributed by atoms with Gasteiger partial charge in [-0.2, -0.15) is 0 Å². The molecular formula is C28H29NO5S. The van der Waals surface area contributed by atoms with Gasteiger partial charge in [-0.05, 0) is 49.1 Å². The number of carbonyl (C=O) groups is 1. The number of fused-ring (bicyclic) bond motifs is 1. The number of nitrogens with zero attached hydrogens (tertiary/aromatic N) is 1. The van der Waals surface area contributed by atoms with E-state index >= 15 is 0 Å². The molecule has 2 aliphatic rings. The first kappa shape index (κ1) is 23.7. The molecule has 182 valence electrons. The number of carbonyl (C=O) groups excluding carboxylic acids is 1. The van der Waals surface area contributed by atoms with Crippen LogP contribution in [0.25, 0.3) is 11.1 Å². The highest BCUT2D eigenvalue weighted by atomic mass is 32.2. The highest BCUT2D eigenvalue weighted by Crippen LogP contribution is 2.45. The lowest BCUT2D eigenvalue weighted by Crippen LogP contribution is -2.30. The Labute approximate surface area is 205 Å². The lowest BCUT2D eigenvalue weighted by Gasteiger charge is -2.34. The standard InChI is InChI=1S/C28H29NO5S/c1-18(24-9-5-6-14-29-24)23-16-34-26-15-19(10-11-22(26)27(23)31)20-7-3-4-8-21(20)25(30)17-35(32,33)28(2)12-13-28/h3-11,14-15,18,23,27,31H,12-13,16-17H2,1-2H3/t18?,23?,27-/m1/s1. The largest absolute Gasteiger partial charge is 0.493 e. The number of benzene rings is 2. The molecule has 1 fully saturated rings. The summed E-state index contributed by atoms with van der Waals surface area (Å²) in [5.41, 5.74) is 3.37. The SMILES string of the molecule is CC(c1ccccn1)C1COc2cc(-c3ccccc3C(=O)CS(=O)(=O)C3(C)CC3)ccc2[C@H]1O. The summed E-state index contributed by atoms with van der Waals surface area (Å²) in [5, 5.41) is 11.1. The van der Waals surface area contributed by atoms with Gasteiger partial charge in [0.15, 0.2) is 15.6 Å². The number of ether oxygens (including phenoxy) is 1. The molecule has 3 atom stereocenters. The zero-order valence-electron chi connectivity index (χ0n) is 19.8. The van der Waals surface area contributed by atoms with Crippen molar-refractivity contribution in [1.29, 1.82) is 0 Å². The lowest BCUT2D eigenvalue weighted by atomic mass is 9.81. The molecule has 1 aliphatic heterocycles. The number of hydrogen-bond donors (Lipinski definition) is 1. The Hall–Kier alpha value is -3.03. The van der Waals surface area contributed by atoms with E-state index < -0.39 is 32.2 Å². The third kappa shape index (κ3) is 4.39. The van der Waals surface area contributed by atoms with Gasteiger partial charge in [0.25, 0.3) is 0 Å². The molecule has 6 nitrogen and oxygen atoms in total. The van der Waals surface area contributed by atoms with E-state index in [0.717, 1.165) is 11.3 Å². The van der Waals surface area contributed by atoms with Crippen molar-refractivity contribution in [2.24, 2.45) is 5.92 Å². The number of rotatable bonds is 7. The van der Waals surface area contributed by atoms with Gasteiger partial charge < -0.3 is 9.84 Å². The van der Waals surface area contributed by atoms with E-state index in [0.29, 0.717) is 41.9 Å². The van der Waals surface area contributed by atoms with E-state index in [9.17, 15) is 18.3 Å². The van der Waals surface area contributed by atoms with Gasteiger partial charge in [0.05, 0.1) is 17.5 Å². The van der Waals surface area contributed by atoms with Gasteiger partial charge >= 0.3 is 0 Å². The highest BCUT2D eigenvalue weighted by Gasteiger charge is 2.50. The van der Waals surface area contributed by atoms with Crippen LogP contribution in [0.3, 0.4) is 0 Å². The molecule has 3 aromatic rings. The van der Waals surface area contributed by atoms with Crippen LogP contribution in [0.4, 0.5) is 0 Å². The fourth-order valence-electron chi connectivity index (χ4n) is 4.75. The van der Waals surface area contributed by atoms with Crippen LogP contribution in [0.2, 0.25) is 0 Å². The minimum absolute atomic E-state index is 0.00708. The third-order valence-electron chi connectivity index (χ3n) is 7.53. The Bertz CT molecular complexity index is 1370. The van der Waals surface area contributed by atoms with E-state index in [-0.39, 0.29) is 11.8 Å². The first-order valence-electron chi connectivity index (χ1n) is 11.9. The Morgan fingerprint density at radius 1 is 1.14 bits per heavy atom. The van der Waals surface area contributed by atoms with Crippen molar-refractivity contribution in [2.75, 3.05) is 12.4 Å². The van der Waals surface area contributed by atoms with Crippen LogP contribution in [0.15, 0.2) is 66.9 Å². The molecule has 5 rings (SSSR count). The van der Waals surface area contributed by atoms with Crippen molar-refractivity contribution < 1.29 is 23.1 Å². The van der Waals surface area contributed by atoms with Crippen LogP contribution in [-0.4, -0.2) is 41.4 Å². The number of aliphatic hydroxyl groups is 1. The molecule has 0 radical (unpaired) electrons. The van der Waals surface area contributed by atoms with Crippen LogP contribution in [0, 0.1) is 5.92 Å². The summed E-state index contributed by atoms with van der Waals surface area (Å²) in [5.74, 6) is -0.469. The molecule has 0 amide bonds. The number of aliphatic hydroxyl groups excluding tert-OH is 1.